The summed E-state index contributed by atoms with van der Waals surface area (Å²) in [6.45, 7) is 2.03. The minimum Gasteiger partial charge on any atom is -0.490 e. The van der Waals surface area contributed by atoms with Gasteiger partial charge in [0.25, 0.3) is 0 Å². The molecular formula is C16H18O3. The molecule has 100 valence electrons. The predicted octanol–water partition coefficient (Wildman–Crippen LogP) is 3.46. The van der Waals surface area contributed by atoms with Crippen LogP contribution in [0, 0.1) is 0 Å². The molecule has 0 bridgehead atoms. The number of furan rings is 1. The second-order valence-corrected chi connectivity index (χ2v) is 4.95. The van der Waals surface area contributed by atoms with Gasteiger partial charge in [0.15, 0.2) is 0 Å². The van der Waals surface area contributed by atoms with Crippen LogP contribution in [0.5, 0.6) is 5.75 Å². The molecule has 1 saturated carbocycles. The van der Waals surface area contributed by atoms with Gasteiger partial charge >= 0.3 is 0 Å². The molecule has 1 aliphatic rings. The Morgan fingerprint density at radius 3 is 2.53 bits per heavy atom. The lowest BCUT2D eigenvalue weighted by Gasteiger charge is -2.10. The fraction of sp³-hybridized carbons (Fsp3) is 0.375. The molecule has 19 heavy (non-hydrogen) atoms. The van der Waals surface area contributed by atoms with Crippen LogP contribution in [0.4, 0.5) is 0 Å². The van der Waals surface area contributed by atoms with E-state index in [9.17, 15) is 5.11 Å². The standard InChI is InChI=1S/C16H18O3/c1-2-12-9-10-15(19-12)16(17)11-3-5-13(6-4-11)18-14-7-8-14/h3-6,9-10,14,16-17H,2,7-8H2,1H3. The van der Waals surface area contributed by atoms with Gasteiger partial charge in [-0.3, -0.25) is 0 Å². The van der Waals surface area contributed by atoms with Crippen molar-refractivity contribution in [2.75, 3.05) is 0 Å². The van der Waals surface area contributed by atoms with E-state index in [1.54, 1.807) is 0 Å². The molecule has 0 amide bonds. The van der Waals surface area contributed by atoms with E-state index in [0.717, 1.165) is 36.3 Å². The van der Waals surface area contributed by atoms with Crippen molar-refractivity contribution < 1.29 is 14.3 Å². The summed E-state index contributed by atoms with van der Waals surface area (Å²) in [5.41, 5.74) is 0.820. The zero-order valence-electron chi connectivity index (χ0n) is 11.0. The number of aryl methyl sites for hydroxylation is 1. The molecule has 1 aliphatic carbocycles. The third kappa shape index (κ3) is 2.82. The monoisotopic (exact) mass is 258 g/mol. The molecule has 0 aliphatic heterocycles. The van der Waals surface area contributed by atoms with E-state index in [1.165, 1.54) is 0 Å². The molecule has 0 saturated heterocycles. The van der Waals surface area contributed by atoms with Crippen LogP contribution in [-0.4, -0.2) is 11.2 Å². The summed E-state index contributed by atoms with van der Waals surface area (Å²) >= 11 is 0. The Morgan fingerprint density at radius 2 is 1.95 bits per heavy atom. The SMILES string of the molecule is CCc1ccc(C(O)c2ccc(OC3CC3)cc2)o1. The Kier molecular flexibility index (Phi) is 3.30. The number of rotatable bonds is 5. The second kappa shape index (κ2) is 5.10. The van der Waals surface area contributed by atoms with Crippen LogP contribution >= 0.6 is 0 Å². The van der Waals surface area contributed by atoms with Crippen molar-refractivity contribution in [1.82, 2.24) is 0 Å². The third-order valence-electron chi connectivity index (χ3n) is 3.32. The van der Waals surface area contributed by atoms with Crippen LogP contribution in [0.2, 0.25) is 0 Å². The smallest absolute Gasteiger partial charge is 0.137 e. The van der Waals surface area contributed by atoms with Crippen molar-refractivity contribution in [3.8, 4) is 5.75 Å². The van der Waals surface area contributed by atoms with Crippen molar-refractivity contribution >= 4 is 0 Å². The molecule has 1 heterocycles. The van der Waals surface area contributed by atoms with Gasteiger partial charge in [0, 0.05) is 6.42 Å². The highest BCUT2D eigenvalue weighted by molar-refractivity contribution is 5.32. The zero-order chi connectivity index (χ0) is 13.2. The number of aliphatic hydroxyl groups excluding tert-OH is 1. The van der Waals surface area contributed by atoms with Gasteiger partial charge < -0.3 is 14.3 Å². The summed E-state index contributed by atoms with van der Waals surface area (Å²) in [6.07, 6.45) is 2.82. The van der Waals surface area contributed by atoms with Crippen LogP contribution in [0.25, 0.3) is 0 Å². The molecule has 2 aromatic rings. The molecule has 1 aromatic heterocycles. The van der Waals surface area contributed by atoms with Crippen LogP contribution in [-0.2, 0) is 6.42 Å². The molecule has 3 rings (SSSR count). The quantitative estimate of drug-likeness (QED) is 0.893. The highest BCUT2D eigenvalue weighted by Gasteiger charge is 2.23. The van der Waals surface area contributed by atoms with Gasteiger partial charge in [-0.1, -0.05) is 19.1 Å². The highest BCUT2D eigenvalue weighted by Crippen LogP contribution is 2.29. The Morgan fingerprint density at radius 1 is 1.21 bits per heavy atom. The van der Waals surface area contributed by atoms with E-state index in [2.05, 4.69) is 0 Å². The number of hydrogen-bond acceptors (Lipinski definition) is 3. The average molecular weight is 258 g/mol. The van der Waals surface area contributed by atoms with E-state index < -0.39 is 6.10 Å². The number of aliphatic hydroxyl groups is 1. The van der Waals surface area contributed by atoms with Crippen molar-refractivity contribution in [1.29, 1.82) is 0 Å². The van der Waals surface area contributed by atoms with Crippen molar-refractivity contribution in [2.45, 2.75) is 38.4 Å². The molecule has 0 radical (unpaired) electrons. The first-order valence-corrected chi connectivity index (χ1v) is 6.79. The molecule has 3 nitrogen and oxygen atoms in total. The average Bonchev–Trinajstić information content (AvgIpc) is 3.12. The summed E-state index contributed by atoms with van der Waals surface area (Å²) in [4.78, 5) is 0. The van der Waals surface area contributed by atoms with Crippen molar-refractivity contribution in [3.63, 3.8) is 0 Å². The summed E-state index contributed by atoms with van der Waals surface area (Å²) in [5.74, 6) is 2.35. The lowest BCUT2D eigenvalue weighted by molar-refractivity contribution is 0.187. The Labute approximate surface area is 112 Å². The second-order valence-electron chi connectivity index (χ2n) is 4.95. The molecule has 1 N–H and O–H groups in total. The molecule has 3 heteroatoms. The van der Waals surface area contributed by atoms with E-state index in [1.807, 2.05) is 43.3 Å². The highest BCUT2D eigenvalue weighted by atomic mass is 16.5. The van der Waals surface area contributed by atoms with Crippen LogP contribution in [0.3, 0.4) is 0 Å². The fourth-order valence-corrected chi connectivity index (χ4v) is 2.00. The number of benzene rings is 1. The topological polar surface area (TPSA) is 42.6 Å². The maximum Gasteiger partial charge on any atom is 0.137 e. The van der Waals surface area contributed by atoms with Crippen LogP contribution < -0.4 is 4.74 Å². The predicted molar refractivity (Wildman–Crippen MR) is 72.2 cm³/mol. The minimum absolute atomic E-state index is 0.396. The molecule has 1 aromatic carbocycles. The lowest BCUT2D eigenvalue weighted by Crippen LogP contribution is -1.99. The minimum atomic E-state index is -0.713. The molecular weight excluding hydrogens is 240 g/mol. The maximum absolute atomic E-state index is 10.3. The third-order valence-corrected chi connectivity index (χ3v) is 3.32. The van der Waals surface area contributed by atoms with Gasteiger partial charge in [0.05, 0.1) is 6.10 Å². The van der Waals surface area contributed by atoms with Gasteiger partial charge in [-0.05, 0) is 42.7 Å². The lowest BCUT2D eigenvalue weighted by atomic mass is 10.1. The number of ether oxygens (including phenoxy) is 1. The summed E-state index contributed by atoms with van der Waals surface area (Å²) in [7, 11) is 0. The van der Waals surface area contributed by atoms with Gasteiger partial charge in [-0.15, -0.1) is 0 Å². The summed E-state index contributed by atoms with van der Waals surface area (Å²) in [5, 5.41) is 10.3. The van der Waals surface area contributed by atoms with Crippen LogP contribution in [0.15, 0.2) is 40.8 Å². The van der Waals surface area contributed by atoms with Gasteiger partial charge in [-0.25, -0.2) is 0 Å². The summed E-state index contributed by atoms with van der Waals surface area (Å²) in [6, 6.07) is 11.3. The Balaban J connectivity index is 1.73. The van der Waals surface area contributed by atoms with E-state index in [-0.39, 0.29) is 0 Å². The maximum atomic E-state index is 10.3. The van der Waals surface area contributed by atoms with E-state index in [0.29, 0.717) is 11.9 Å². The Hall–Kier alpha value is -1.74. The first-order chi connectivity index (χ1) is 9.26. The van der Waals surface area contributed by atoms with Crippen molar-refractivity contribution in [2.24, 2.45) is 0 Å². The van der Waals surface area contributed by atoms with E-state index in [4.69, 9.17) is 9.15 Å². The first-order valence-electron chi connectivity index (χ1n) is 6.79. The van der Waals surface area contributed by atoms with Gasteiger partial charge in [0.2, 0.25) is 0 Å². The first kappa shape index (κ1) is 12.3. The molecule has 1 atom stereocenters. The van der Waals surface area contributed by atoms with Crippen molar-refractivity contribution in [3.05, 3.63) is 53.5 Å². The largest absolute Gasteiger partial charge is 0.490 e. The van der Waals surface area contributed by atoms with Gasteiger partial charge in [-0.2, -0.15) is 0 Å². The normalized spacial score (nSPS) is 16.3. The Bertz CT molecular complexity index is 537. The summed E-state index contributed by atoms with van der Waals surface area (Å²) < 4.78 is 11.3. The fourth-order valence-electron chi connectivity index (χ4n) is 2.00. The zero-order valence-corrected chi connectivity index (χ0v) is 11.0. The molecule has 0 spiro atoms. The van der Waals surface area contributed by atoms with Crippen LogP contribution in [0.1, 0.15) is 43.0 Å². The molecule has 1 fully saturated rings. The van der Waals surface area contributed by atoms with E-state index >= 15 is 0 Å². The molecule has 1 unspecified atom stereocenters. The number of hydrogen-bond donors (Lipinski definition) is 1. The van der Waals surface area contributed by atoms with Gasteiger partial charge in [0.1, 0.15) is 23.4 Å².